The molecule has 0 unspecified atom stereocenters. The minimum absolute atomic E-state index is 0.365. The minimum Gasteiger partial charge on any atom is -0.352 e. The van der Waals surface area contributed by atoms with Crippen LogP contribution in [0.4, 0.5) is 0 Å². The maximum Gasteiger partial charge on any atom is 0.193 e. The molecule has 1 aliphatic heterocycles. The summed E-state index contributed by atoms with van der Waals surface area (Å²) in [6.07, 6.45) is 6.82. The fourth-order valence-electron chi connectivity index (χ4n) is 3.09. The molecule has 24 heavy (non-hydrogen) atoms. The normalized spacial score (nSPS) is 17.3. The second kappa shape index (κ2) is 6.63. The Bertz CT molecular complexity index is 713. The first-order chi connectivity index (χ1) is 11.5. The van der Waals surface area contributed by atoms with E-state index in [2.05, 4.69) is 45.1 Å². The van der Waals surface area contributed by atoms with Gasteiger partial charge in [-0.3, -0.25) is 9.56 Å². The van der Waals surface area contributed by atoms with Gasteiger partial charge in [0.2, 0.25) is 0 Å². The summed E-state index contributed by atoms with van der Waals surface area (Å²) in [6, 6.07) is 4.11. The molecule has 0 saturated carbocycles. The molecule has 1 saturated heterocycles. The highest BCUT2D eigenvalue weighted by molar-refractivity contribution is 5.80. The van der Waals surface area contributed by atoms with Gasteiger partial charge in [-0.1, -0.05) is 19.9 Å². The standard InChI is InChI=1S/C18H26N6/c1-14-20-8-10-24(14)16-6-5-15(11-21-16)12-22-17(19-4)23-9-7-18(2,3)13-23/h5-6,8,10-11H,7,9,12-13H2,1-4H3,(H,19,22). The van der Waals surface area contributed by atoms with Crippen molar-refractivity contribution in [1.82, 2.24) is 24.8 Å². The van der Waals surface area contributed by atoms with E-state index in [1.54, 1.807) is 6.20 Å². The van der Waals surface area contributed by atoms with Crippen LogP contribution in [0.15, 0.2) is 35.7 Å². The fraction of sp³-hybridized carbons (Fsp3) is 0.500. The third-order valence-corrected chi connectivity index (χ3v) is 4.52. The Balaban J connectivity index is 1.61. The predicted octanol–water partition coefficient (Wildman–Crippen LogP) is 2.38. The lowest BCUT2D eigenvalue weighted by atomic mass is 9.93. The largest absolute Gasteiger partial charge is 0.352 e. The zero-order valence-corrected chi connectivity index (χ0v) is 15.0. The number of aliphatic imine (C=N–C) groups is 1. The van der Waals surface area contributed by atoms with E-state index in [4.69, 9.17) is 0 Å². The number of rotatable bonds is 3. The third kappa shape index (κ3) is 3.58. The van der Waals surface area contributed by atoms with Gasteiger partial charge in [-0.15, -0.1) is 0 Å². The Kier molecular flexibility index (Phi) is 4.55. The van der Waals surface area contributed by atoms with E-state index < -0.39 is 0 Å². The molecule has 0 atom stereocenters. The number of imidazole rings is 1. The van der Waals surface area contributed by atoms with E-state index in [0.717, 1.165) is 42.8 Å². The van der Waals surface area contributed by atoms with Gasteiger partial charge in [-0.2, -0.15) is 0 Å². The summed E-state index contributed by atoms with van der Waals surface area (Å²) in [5.41, 5.74) is 1.50. The molecule has 6 nitrogen and oxygen atoms in total. The second-order valence-electron chi connectivity index (χ2n) is 7.11. The van der Waals surface area contributed by atoms with Crippen LogP contribution < -0.4 is 5.32 Å². The molecule has 0 radical (unpaired) electrons. The Labute approximate surface area is 143 Å². The van der Waals surface area contributed by atoms with Crippen LogP contribution >= 0.6 is 0 Å². The number of likely N-dealkylation sites (tertiary alicyclic amines) is 1. The first-order valence-electron chi connectivity index (χ1n) is 8.39. The average molecular weight is 326 g/mol. The monoisotopic (exact) mass is 326 g/mol. The van der Waals surface area contributed by atoms with Crippen molar-refractivity contribution in [2.75, 3.05) is 20.1 Å². The quantitative estimate of drug-likeness (QED) is 0.695. The Hall–Kier alpha value is -2.37. The molecule has 128 valence electrons. The van der Waals surface area contributed by atoms with Gasteiger partial charge in [0.05, 0.1) is 0 Å². The van der Waals surface area contributed by atoms with Crippen molar-refractivity contribution >= 4 is 5.96 Å². The molecule has 1 N–H and O–H groups in total. The van der Waals surface area contributed by atoms with E-state index >= 15 is 0 Å². The van der Waals surface area contributed by atoms with Gasteiger partial charge in [0.25, 0.3) is 0 Å². The lowest BCUT2D eigenvalue weighted by molar-refractivity contribution is 0.370. The maximum atomic E-state index is 4.54. The summed E-state index contributed by atoms with van der Waals surface area (Å²) in [7, 11) is 1.84. The number of nitrogens with one attached hydrogen (secondary N) is 1. The zero-order valence-electron chi connectivity index (χ0n) is 15.0. The van der Waals surface area contributed by atoms with E-state index in [1.807, 2.05) is 37.0 Å². The molecule has 6 heteroatoms. The lowest BCUT2D eigenvalue weighted by Gasteiger charge is -2.23. The molecule has 3 heterocycles. The van der Waals surface area contributed by atoms with Gasteiger partial charge in [-0.25, -0.2) is 9.97 Å². The van der Waals surface area contributed by atoms with Crippen LogP contribution in [-0.2, 0) is 6.54 Å². The fourth-order valence-corrected chi connectivity index (χ4v) is 3.09. The highest BCUT2D eigenvalue weighted by Crippen LogP contribution is 2.28. The van der Waals surface area contributed by atoms with Crippen molar-refractivity contribution in [3.63, 3.8) is 0 Å². The van der Waals surface area contributed by atoms with Crippen molar-refractivity contribution in [3.05, 3.63) is 42.1 Å². The van der Waals surface area contributed by atoms with Gasteiger partial charge in [0.15, 0.2) is 5.96 Å². The van der Waals surface area contributed by atoms with Crippen molar-refractivity contribution < 1.29 is 0 Å². The number of pyridine rings is 1. The Morgan fingerprint density at radius 2 is 2.17 bits per heavy atom. The molecule has 0 bridgehead atoms. The van der Waals surface area contributed by atoms with Gasteiger partial charge in [-0.05, 0) is 30.4 Å². The maximum absolute atomic E-state index is 4.54. The topological polar surface area (TPSA) is 58.3 Å². The van der Waals surface area contributed by atoms with Crippen molar-refractivity contribution in [3.8, 4) is 5.82 Å². The first kappa shape index (κ1) is 16.5. The van der Waals surface area contributed by atoms with E-state index in [-0.39, 0.29) is 0 Å². The van der Waals surface area contributed by atoms with Gasteiger partial charge < -0.3 is 10.2 Å². The summed E-state index contributed by atoms with van der Waals surface area (Å²) < 4.78 is 1.97. The minimum atomic E-state index is 0.365. The zero-order chi connectivity index (χ0) is 17.2. The second-order valence-corrected chi connectivity index (χ2v) is 7.11. The number of hydrogen-bond donors (Lipinski definition) is 1. The van der Waals surface area contributed by atoms with Crippen molar-refractivity contribution in [2.45, 2.75) is 33.7 Å². The summed E-state index contributed by atoms with van der Waals surface area (Å²) in [5, 5.41) is 3.45. The smallest absolute Gasteiger partial charge is 0.193 e. The number of nitrogens with zero attached hydrogens (tertiary/aromatic N) is 5. The molecule has 1 aliphatic rings. The molecule has 2 aromatic rings. The first-order valence-corrected chi connectivity index (χ1v) is 8.39. The van der Waals surface area contributed by atoms with Crippen molar-refractivity contribution in [1.29, 1.82) is 0 Å². The van der Waals surface area contributed by atoms with E-state index in [1.165, 1.54) is 6.42 Å². The number of guanidine groups is 1. The molecule has 1 fully saturated rings. The van der Waals surface area contributed by atoms with Crippen LogP contribution in [0.1, 0.15) is 31.7 Å². The summed E-state index contributed by atoms with van der Waals surface area (Å²) >= 11 is 0. The summed E-state index contributed by atoms with van der Waals surface area (Å²) in [6.45, 7) is 9.41. The van der Waals surface area contributed by atoms with Crippen molar-refractivity contribution in [2.24, 2.45) is 10.4 Å². The van der Waals surface area contributed by atoms with Crippen LogP contribution in [0, 0.1) is 12.3 Å². The molecular formula is C18H26N6. The average Bonchev–Trinajstić information content (AvgIpc) is 3.14. The molecule has 0 spiro atoms. The lowest BCUT2D eigenvalue weighted by Crippen LogP contribution is -2.40. The van der Waals surface area contributed by atoms with Gasteiger partial charge in [0, 0.05) is 45.3 Å². The van der Waals surface area contributed by atoms with Gasteiger partial charge in [0.1, 0.15) is 11.6 Å². The summed E-state index contributed by atoms with van der Waals surface area (Å²) in [4.78, 5) is 15.5. The van der Waals surface area contributed by atoms with Crippen LogP contribution in [-0.4, -0.2) is 45.5 Å². The number of aromatic nitrogens is 3. The third-order valence-electron chi connectivity index (χ3n) is 4.52. The molecule has 0 aromatic carbocycles. The molecule has 3 rings (SSSR count). The molecular weight excluding hydrogens is 300 g/mol. The molecule has 2 aromatic heterocycles. The Morgan fingerprint density at radius 1 is 1.33 bits per heavy atom. The van der Waals surface area contributed by atoms with E-state index in [0.29, 0.717) is 5.41 Å². The summed E-state index contributed by atoms with van der Waals surface area (Å²) in [5.74, 6) is 2.79. The van der Waals surface area contributed by atoms with Crippen LogP contribution in [0.5, 0.6) is 0 Å². The Morgan fingerprint density at radius 3 is 2.71 bits per heavy atom. The highest BCUT2D eigenvalue weighted by Gasteiger charge is 2.30. The van der Waals surface area contributed by atoms with Gasteiger partial charge >= 0.3 is 0 Å². The molecule has 0 amide bonds. The van der Waals surface area contributed by atoms with Crippen LogP contribution in [0.25, 0.3) is 5.82 Å². The van der Waals surface area contributed by atoms with Crippen LogP contribution in [0.2, 0.25) is 0 Å². The number of aryl methyl sites for hydroxylation is 1. The van der Waals surface area contributed by atoms with E-state index in [9.17, 15) is 0 Å². The predicted molar refractivity (Wildman–Crippen MR) is 96.3 cm³/mol. The molecule has 0 aliphatic carbocycles. The highest BCUT2D eigenvalue weighted by atomic mass is 15.3. The van der Waals surface area contributed by atoms with Crippen LogP contribution in [0.3, 0.4) is 0 Å². The SMILES string of the molecule is CN=C(NCc1ccc(-n2ccnc2C)nc1)N1CCC(C)(C)C1. The number of hydrogen-bond acceptors (Lipinski definition) is 3.